The topological polar surface area (TPSA) is 78.9 Å². The Morgan fingerprint density at radius 1 is 1.07 bits per heavy atom. The average molecular weight is 508 g/mol. The van der Waals surface area contributed by atoms with Crippen LogP contribution < -0.4 is 0 Å². The van der Waals surface area contributed by atoms with Gasteiger partial charge in [-0.15, -0.1) is 0 Å². The van der Waals surface area contributed by atoms with Crippen LogP contribution in [0.2, 0.25) is 18.1 Å². The Hall–Kier alpha value is -0.743. The smallest absolute Gasteiger partial charge is 0.308 e. The van der Waals surface area contributed by atoms with E-state index >= 15 is 0 Å². The van der Waals surface area contributed by atoms with Crippen molar-refractivity contribution in [2.75, 3.05) is 7.11 Å². The van der Waals surface area contributed by atoms with E-state index in [9.17, 15) is 13.2 Å². The number of benzene rings is 1. The summed E-state index contributed by atoms with van der Waals surface area (Å²) >= 11 is 3.29. The van der Waals surface area contributed by atoms with Gasteiger partial charge in [-0.05, 0) is 55.2 Å². The number of carbonyl (C=O) groups is 1. The maximum absolute atomic E-state index is 12.7. The molecule has 0 radical (unpaired) electrons. The van der Waals surface area contributed by atoms with Crippen molar-refractivity contribution in [3.8, 4) is 0 Å². The number of carbonyl (C=O) groups excluding carboxylic acids is 1. The molecule has 0 spiro atoms. The number of rotatable bonds is 6. The van der Waals surface area contributed by atoms with Crippen LogP contribution in [0.4, 0.5) is 0 Å². The van der Waals surface area contributed by atoms with Gasteiger partial charge >= 0.3 is 5.97 Å². The Bertz CT molecular complexity index is 816. The Morgan fingerprint density at radius 3 is 2.14 bits per heavy atom. The first-order valence-corrected chi connectivity index (χ1v) is 14.8. The summed E-state index contributed by atoms with van der Waals surface area (Å²) in [5.74, 6) is -0.809. The third kappa shape index (κ3) is 6.37. The van der Waals surface area contributed by atoms with Gasteiger partial charge in [0.2, 0.25) is 0 Å². The molecule has 0 saturated heterocycles. The summed E-state index contributed by atoms with van der Waals surface area (Å²) in [5.41, 5.74) is 0. The lowest BCUT2D eigenvalue weighted by molar-refractivity contribution is -0.149. The third-order valence-corrected chi connectivity index (χ3v) is 12.2. The molecule has 1 aromatic rings. The highest BCUT2D eigenvalue weighted by Crippen LogP contribution is 2.40. The van der Waals surface area contributed by atoms with Gasteiger partial charge in [-0.3, -0.25) is 8.98 Å². The molecule has 0 heterocycles. The molecule has 9 heteroatoms. The zero-order valence-electron chi connectivity index (χ0n) is 17.9. The molecular formula is C20H31BrO6SSi. The van der Waals surface area contributed by atoms with E-state index in [1.807, 2.05) is 0 Å². The number of ether oxygens (including phenoxy) is 1. The van der Waals surface area contributed by atoms with E-state index in [1.54, 1.807) is 12.1 Å². The van der Waals surface area contributed by atoms with Crippen LogP contribution in [-0.4, -0.2) is 42.0 Å². The first-order chi connectivity index (χ1) is 13.2. The van der Waals surface area contributed by atoms with Crippen LogP contribution >= 0.6 is 15.9 Å². The van der Waals surface area contributed by atoms with Gasteiger partial charge in [0.1, 0.15) is 0 Å². The van der Waals surface area contributed by atoms with Crippen LogP contribution in [0.25, 0.3) is 0 Å². The van der Waals surface area contributed by atoms with Crippen molar-refractivity contribution in [1.29, 1.82) is 0 Å². The second-order valence-corrected chi connectivity index (χ2v) is 16.3. The molecular weight excluding hydrogens is 476 g/mol. The average Bonchev–Trinajstić information content (AvgIpc) is 2.59. The fourth-order valence-corrected chi connectivity index (χ4v) is 5.92. The highest BCUT2D eigenvalue weighted by Gasteiger charge is 2.43. The molecule has 1 fully saturated rings. The minimum atomic E-state index is -3.95. The Morgan fingerprint density at radius 2 is 1.62 bits per heavy atom. The van der Waals surface area contributed by atoms with E-state index in [0.717, 1.165) is 4.47 Å². The monoisotopic (exact) mass is 506 g/mol. The molecule has 1 aliphatic rings. The molecule has 29 heavy (non-hydrogen) atoms. The van der Waals surface area contributed by atoms with E-state index < -0.39 is 30.5 Å². The van der Waals surface area contributed by atoms with Crippen molar-refractivity contribution < 1.29 is 26.6 Å². The van der Waals surface area contributed by atoms with Gasteiger partial charge in [0, 0.05) is 17.0 Å². The van der Waals surface area contributed by atoms with Gasteiger partial charge in [0.25, 0.3) is 10.1 Å². The molecule has 0 unspecified atom stereocenters. The van der Waals surface area contributed by atoms with Crippen molar-refractivity contribution in [2.24, 2.45) is 5.92 Å². The van der Waals surface area contributed by atoms with Gasteiger partial charge in [-0.25, -0.2) is 0 Å². The van der Waals surface area contributed by atoms with Gasteiger partial charge < -0.3 is 9.16 Å². The first-order valence-electron chi connectivity index (χ1n) is 9.69. The Labute approximate surface area is 183 Å². The lowest BCUT2D eigenvalue weighted by atomic mass is 9.85. The van der Waals surface area contributed by atoms with Crippen molar-refractivity contribution in [3.05, 3.63) is 28.7 Å². The molecule has 1 aromatic carbocycles. The molecule has 0 amide bonds. The molecule has 3 atom stereocenters. The van der Waals surface area contributed by atoms with Crippen LogP contribution in [0.1, 0.15) is 40.0 Å². The maximum Gasteiger partial charge on any atom is 0.308 e. The first kappa shape index (κ1) is 24.5. The van der Waals surface area contributed by atoms with Gasteiger partial charge in [-0.1, -0.05) is 36.7 Å². The molecule has 0 aromatic heterocycles. The standard InChI is InChI=1S/C20H31BrO6SSi/c1-20(2,3)29(5,6)27-17-12-14(19(22)25-4)11-16(13-17)26-28(23,24)18-9-7-15(21)8-10-18/h7-10,14,16-17H,11-13H2,1-6H3/t14-,16+,17+/m0/s1. The molecule has 0 aliphatic heterocycles. The second-order valence-electron chi connectivity index (χ2n) is 9.05. The molecule has 2 rings (SSSR count). The highest BCUT2D eigenvalue weighted by molar-refractivity contribution is 9.10. The third-order valence-electron chi connectivity index (χ3n) is 5.79. The van der Waals surface area contributed by atoms with Crippen LogP contribution in [0.5, 0.6) is 0 Å². The van der Waals surface area contributed by atoms with Crippen LogP contribution in [0.15, 0.2) is 33.6 Å². The Kier molecular flexibility index (Phi) is 7.76. The SMILES string of the molecule is COC(=O)[C@@H]1C[C@@H](O[Si](C)(C)C(C)(C)C)C[C@H](OS(=O)(=O)c2ccc(Br)cc2)C1. The fourth-order valence-electron chi connectivity index (χ4n) is 3.18. The lowest BCUT2D eigenvalue weighted by Crippen LogP contribution is -2.47. The summed E-state index contributed by atoms with van der Waals surface area (Å²) < 4.78 is 43.2. The van der Waals surface area contributed by atoms with Crippen molar-refractivity contribution in [3.63, 3.8) is 0 Å². The van der Waals surface area contributed by atoms with E-state index in [0.29, 0.717) is 19.3 Å². The van der Waals surface area contributed by atoms with Gasteiger partial charge in [0.15, 0.2) is 8.32 Å². The van der Waals surface area contributed by atoms with Crippen molar-refractivity contribution >= 4 is 40.3 Å². The van der Waals surface area contributed by atoms with E-state index in [-0.39, 0.29) is 22.0 Å². The molecule has 0 N–H and O–H groups in total. The second kappa shape index (κ2) is 9.17. The number of methoxy groups -OCH3 is 1. The summed E-state index contributed by atoms with van der Waals surface area (Å²) in [6, 6.07) is 6.28. The zero-order valence-corrected chi connectivity index (χ0v) is 21.3. The number of hydrogen-bond donors (Lipinski definition) is 0. The van der Waals surface area contributed by atoms with Crippen LogP contribution in [-0.2, 0) is 28.3 Å². The number of halogens is 1. The minimum Gasteiger partial charge on any atom is -0.469 e. The molecule has 0 bridgehead atoms. The van der Waals surface area contributed by atoms with Gasteiger partial charge in [-0.2, -0.15) is 8.42 Å². The van der Waals surface area contributed by atoms with Crippen molar-refractivity contribution in [2.45, 2.75) is 75.3 Å². The van der Waals surface area contributed by atoms with Gasteiger partial charge in [0.05, 0.1) is 24.0 Å². The number of hydrogen-bond acceptors (Lipinski definition) is 6. The summed E-state index contributed by atoms with van der Waals surface area (Å²) in [4.78, 5) is 12.3. The molecule has 1 saturated carbocycles. The quantitative estimate of drug-likeness (QED) is 0.310. The fraction of sp³-hybridized carbons (Fsp3) is 0.650. The predicted octanol–water partition coefficient (Wildman–Crippen LogP) is 4.89. The largest absolute Gasteiger partial charge is 0.469 e. The molecule has 164 valence electrons. The number of esters is 1. The minimum absolute atomic E-state index is 0.00502. The maximum atomic E-state index is 12.7. The van der Waals surface area contributed by atoms with Crippen LogP contribution in [0, 0.1) is 5.92 Å². The van der Waals surface area contributed by atoms with E-state index in [4.69, 9.17) is 13.3 Å². The summed E-state index contributed by atoms with van der Waals surface area (Å²) in [5, 5.41) is 0.00502. The lowest BCUT2D eigenvalue weighted by Gasteiger charge is -2.42. The zero-order chi connectivity index (χ0) is 22.0. The summed E-state index contributed by atoms with van der Waals surface area (Å²) in [6.45, 7) is 10.7. The summed E-state index contributed by atoms with van der Waals surface area (Å²) in [6.07, 6.45) is 0.336. The molecule has 6 nitrogen and oxygen atoms in total. The summed E-state index contributed by atoms with van der Waals surface area (Å²) in [7, 11) is -4.69. The van der Waals surface area contributed by atoms with Crippen LogP contribution in [0.3, 0.4) is 0 Å². The Balaban J connectivity index is 2.21. The molecule has 1 aliphatic carbocycles. The normalized spacial score (nSPS) is 23.6. The van der Waals surface area contributed by atoms with Crippen molar-refractivity contribution in [1.82, 2.24) is 0 Å². The predicted molar refractivity (Wildman–Crippen MR) is 118 cm³/mol. The van der Waals surface area contributed by atoms with E-state index in [1.165, 1.54) is 19.2 Å². The van der Waals surface area contributed by atoms with E-state index in [2.05, 4.69) is 49.8 Å². The highest BCUT2D eigenvalue weighted by atomic mass is 79.9.